The first kappa shape index (κ1) is 18.4. The van der Waals surface area contributed by atoms with Gasteiger partial charge in [0.05, 0.1) is 12.0 Å². The average molecular weight is 369 g/mol. The number of methoxy groups -OCH3 is 1. The van der Waals surface area contributed by atoms with Crippen molar-refractivity contribution in [1.82, 2.24) is 4.72 Å². The summed E-state index contributed by atoms with van der Waals surface area (Å²) in [7, 11) is -2.02. The predicted molar refractivity (Wildman–Crippen MR) is 105 cm³/mol. The van der Waals surface area contributed by atoms with Crippen LogP contribution in [0.1, 0.15) is 29.7 Å². The molecule has 0 amide bonds. The van der Waals surface area contributed by atoms with Gasteiger partial charge in [0.2, 0.25) is 10.0 Å². The van der Waals surface area contributed by atoms with Crippen molar-refractivity contribution >= 4 is 20.8 Å². The summed E-state index contributed by atoms with van der Waals surface area (Å²) in [6.45, 7) is 5.86. The van der Waals surface area contributed by atoms with Crippen LogP contribution in [-0.4, -0.2) is 15.5 Å². The second-order valence-electron chi connectivity index (χ2n) is 6.58. The van der Waals surface area contributed by atoms with E-state index < -0.39 is 10.0 Å². The fourth-order valence-electron chi connectivity index (χ4n) is 3.09. The van der Waals surface area contributed by atoms with Gasteiger partial charge in [0.25, 0.3) is 0 Å². The highest BCUT2D eigenvalue weighted by molar-refractivity contribution is 7.89. The number of fused-ring (bicyclic) bond motifs is 1. The number of nitrogens with one attached hydrogen (secondary N) is 1. The summed E-state index contributed by atoms with van der Waals surface area (Å²) in [5.74, 6) is 0.745. The van der Waals surface area contributed by atoms with E-state index in [1.807, 2.05) is 57.2 Å². The minimum atomic E-state index is -3.63. The second-order valence-corrected chi connectivity index (χ2v) is 8.29. The summed E-state index contributed by atoms with van der Waals surface area (Å²) < 4.78 is 33.7. The number of ether oxygens (including phenoxy) is 1. The van der Waals surface area contributed by atoms with E-state index >= 15 is 0 Å². The molecule has 1 atom stereocenters. The van der Waals surface area contributed by atoms with E-state index in [9.17, 15) is 8.42 Å². The lowest BCUT2D eigenvalue weighted by Crippen LogP contribution is -2.27. The molecule has 0 fully saturated rings. The zero-order valence-corrected chi connectivity index (χ0v) is 16.2. The lowest BCUT2D eigenvalue weighted by Gasteiger charge is -2.18. The van der Waals surface area contributed by atoms with E-state index in [0.29, 0.717) is 0 Å². The van der Waals surface area contributed by atoms with Gasteiger partial charge >= 0.3 is 0 Å². The first-order chi connectivity index (χ1) is 12.3. The summed E-state index contributed by atoms with van der Waals surface area (Å²) in [5.41, 5.74) is 3.16. The largest absolute Gasteiger partial charge is 0.497 e. The molecule has 3 rings (SSSR count). The third kappa shape index (κ3) is 3.74. The van der Waals surface area contributed by atoms with E-state index in [4.69, 9.17) is 4.74 Å². The molecule has 26 heavy (non-hydrogen) atoms. The van der Waals surface area contributed by atoms with Crippen molar-refractivity contribution in [2.24, 2.45) is 0 Å². The molecule has 0 aliphatic heterocycles. The van der Waals surface area contributed by atoms with Crippen molar-refractivity contribution in [3.8, 4) is 5.75 Å². The Morgan fingerprint density at radius 3 is 2.35 bits per heavy atom. The molecule has 0 bridgehead atoms. The van der Waals surface area contributed by atoms with E-state index in [-0.39, 0.29) is 10.9 Å². The van der Waals surface area contributed by atoms with Crippen molar-refractivity contribution in [3.05, 3.63) is 71.3 Å². The van der Waals surface area contributed by atoms with Gasteiger partial charge in [-0.1, -0.05) is 35.9 Å². The Morgan fingerprint density at radius 2 is 1.62 bits per heavy atom. The van der Waals surface area contributed by atoms with Gasteiger partial charge < -0.3 is 4.74 Å². The Kier molecular flexibility index (Phi) is 5.03. The molecule has 0 aliphatic rings. The molecule has 0 radical (unpaired) electrons. The molecule has 1 N–H and O–H groups in total. The maximum Gasteiger partial charge on any atom is 0.241 e. The Hall–Kier alpha value is -2.37. The number of rotatable bonds is 5. The zero-order valence-electron chi connectivity index (χ0n) is 15.4. The van der Waals surface area contributed by atoms with Crippen LogP contribution in [0, 0.1) is 13.8 Å². The SMILES string of the molecule is COc1ccc2cc(S(=O)(=O)N[C@H](C)c3cc(C)ccc3C)ccc2c1. The van der Waals surface area contributed by atoms with Gasteiger partial charge in [-0.15, -0.1) is 0 Å². The standard InChI is InChI=1S/C21H23NO3S/c1-14-5-6-15(2)21(11-14)16(3)22-26(23,24)20-10-8-17-12-19(25-4)9-7-18(17)13-20/h5-13,16,22H,1-4H3/t16-/m1/s1. The Morgan fingerprint density at radius 1 is 0.923 bits per heavy atom. The van der Waals surface area contributed by atoms with Crippen LogP contribution < -0.4 is 9.46 Å². The van der Waals surface area contributed by atoms with Crippen molar-refractivity contribution in [2.75, 3.05) is 7.11 Å². The summed E-state index contributed by atoms with van der Waals surface area (Å²) in [6, 6.07) is 16.4. The number of hydrogen-bond donors (Lipinski definition) is 1. The highest BCUT2D eigenvalue weighted by atomic mass is 32.2. The van der Waals surface area contributed by atoms with Crippen LogP contribution in [0.5, 0.6) is 5.75 Å². The number of hydrogen-bond acceptors (Lipinski definition) is 3. The third-order valence-corrected chi connectivity index (χ3v) is 6.10. The lowest BCUT2D eigenvalue weighted by atomic mass is 10.0. The fraction of sp³-hybridized carbons (Fsp3) is 0.238. The first-order valence-corrected chi connectivity index (χ1v) is 9.96. The maximum absolute atomic E-state index is 12.8. The molecule has 0 aromatic heterocycles. The predicted octanol–water partition coefficient (Wildman–Crippen LogP) is 4.50. The van der Waals surface area contributed by atoms with Crippen LogP contribution in [0.4, 0.5) is 0 Å². The van der Waals surface area contributed by atoms with E-state index in [2.05, 4.69) is 4.72 Å². The normalized spacial score (nSPS) is 12.9. The average Bonchev–Trinajstić information content (AvgIpc) is 2.62. The molecule has 5 heteroatoms. The van der Waals surface area contributed by atoms with Crippen molar-refractivity contribution in [1.29, 1.82) is 0 Å². The van der Waals surface area contributed by atoms with Crippen LogP contribution in [0.15, 0.2) is 59.5 Å². The van der Waals surface area contributed by atoms with E-state index in [1.165, 1.54) is 0 Å². The van der Waals surface area contributed by atoms with Crippen molar-refractivity contribution < 1.29 is 13.2 Å². The van der Waals surface area contributed by atoms with Crippen LogP contribution in [0.3, 0.4) is 0 Å². The van der Waals surface area contributed by atoms with Gasteiger partial charge in [-0.25, -0.2) is 13.1 Å². The van der Waals surface area contributed by atoms with E-state index in [0.717, 1.165) is 33.2 Å². The van der Waals surface area contributed by atoms with Crippen LogP contribution in [0.2, 0.25) is 0 Å². The van der Waals surface area contributed by atoms with Crippen molar-refractivity contribution in [3.63, 3.8) is 0 Å². The Labute approximate surface area is 154 Å². The van der Waals surface area contributed by atoms with Crippen molar-refractivity contribution in [2.45, 2.75) is 31.7 Å². The van der Waals surface area contributed by atoms with Crippen LogP contribution in [-0.2, 0) is 10.0 Å². The molecule has 4 nitrogen and oxygen atoms in total. The summed E-state index contributed by atoms with van der Waals surface area (Å²) >= 11 is 0. The van der Waals surface area contributed by atoms with Gasteiger partial charge in [0, 0.05) is 6.04 Å². The molecular weight excluding hydrogens is 346 g/mol. The molecule has 0 spiro atoms. The second kappa shape index (κ2) is 7.09. The molecule has 3 aromatic carbocycles. The lowest BCUT2D eigenvalue weighted by molar-refractivity contribution is 0.415. The van der Waals surface area contributed by atoms with Gasteiger partial charge in [0.1, 0.15) is 5.75 Å². The quantitative estimate of drug-likeness (QED) is 0.720. The number of aryl methyl sites for hydroxylation is 2. The number of benzene rings is 3. The molecule has 136 valence electrons. The highest BCUT2D eigenvalue weighted by Gasteiger charge is 2.20. The minimum absolute atomic E-state index is 0.257. The van der Waals surface area contributed by atoms with Gasteiger partial charge in [-0.3, -0.25) is 0 Å². The highest BCUT2D eigenvalue weighted by Crippen LogP contribution is 2.25. The van der Waals surface area contributed by atoms with E-state index in [1.54, 1.807) is 25.3 Å². The Bertz CT molecular complexity index is 1060. The first-order valence-electron chi connectivity index (χ1n) is 8.47. The maximum atomic E-state index is 12.8. The third-order valence-electron chi connectivity index (χ3n) is 4.56. The molecule has 0 aliphatic carbocycles. The Balaban J connectivity index is 1.92. The zero-order chi connectivity index (χ0) is 18.9. The van der Waals surface area contributed by atoms with Crippen LogP contribution >= 0.6 is 0 Å². The minimum Gasteiger partial charge on any atom is -0.497 e. The molecule has 3 aromatic rings. The summed E-state index contributed by atoms with van der Waals surface area (Å²) in [4.78, 5) is 0.257. The van der Waals surface area contributed by atoms with Crippen LogP contribution in [0.25, 0.3) is 10.8 Å². The summed E-state index contributed by atoms with van der Waals surface area (Å²) in [6.07, 6.45) is 0. The smallest absolute Gasteiger partial charge is 0.241 e. The monoisotopic (exact) mass is 369 g/mol. The number of sulfonamides is 1. The topological polar surface area (TPSA) is 55.4 Å². The van der Waals surface area contributed by atoms with Gasteiger partial charge in [-0.05, 0) is 66.9 Å². The summed E-state index contributed by atoms with van der Waals surface area (Å²) in [5, 5.41) is 1.79. The molecule has 0 saturated carbocycles. The molecular formula is C21H23NO3S. The molecule has 0 unspecified atom stereocenters. The molecule has 0 saturated heterocycles. The van der Waals surface area contributed by atoms with Gasteiger partial charge in [0.15, 0.2) is 0 Å². The molecule has 0 heterocycles. The fourth-order valence-corrected chi connectivity index (χ4v) is 4.34. The van der Waals surface area contributed by atoms with Gasteiger partial charge in [-0.2, -0.15) is 0 Å².